The zero-order chi connectivity index (χ0) is 14.6. The SMILES string of the molecule is Cc1cc(N)cc(C(=O)N(C)CCCN(C)C)c1F. The van der Waals surface area contributed by atoms with Crippen LogP contribution < -0.4 is 5.73 Å². The zero-order valence-corrected chi connectivity index (χ0v) is 12.0. The molecule has 0 bridgehead atoms. The Kier molecular flexibility index (Phi) is 5.30. The van der Waals surface area contributed by atoms with Crippen molar-refractivity contribution in [3.8, 4) is 0 Å². The number of aryl methyl sites for hydroxylation is 1. The monoisotopic (exact) mass is 267 g/mol. The summed E-state index contributed by atoms with van der Waals surface area (Å²) >= 11 is 0. The van der Waals surface area contributed by atoms with Gasteiger partial charge in [0.1, 0.15) is 5.82 Å². The lowest BCUT2D eigenvalue weighted by atomic mass is 10.1. The van der Waals surface area contributed by atoms with Crippen molar-refractivity contribution in [2.24, 2.45) is 0 Å². The van der Waals surface area contributed by atoms with Crippen LogP contribution in [0.1, 0.15) is 22.3 Å². The van der Waals surface area contributed by atoms with Gasteiger partial charge in [0.2, 0.25) is 0 Å². The number of anilines is 1. The number of nitrogen functional groups attached to an aromatic ring is 1. The van der Waals surface area contributed by atoms with Crippen LogP contribution in [-0.4, -0.2) is 49.9 Å². The van der Waals surface area contributed by atoms with Crippen molar-refractivity contribution in [1.29, 1.82) is 0 Å². The minimum Gasteiger partial charge on any atom is -0.399 e. The van der Waals surface area contributed by atoms with Crippen molar-refractivity contribution in [1.82, 2.24) is 9.80 Å². The molecule has 1 rings (SSSR count). The largest absolute Gasteiger partial charge is 0.399 e. The lowest BCUT2D eigenvalue weighted by Crippen LogP contribution is -2.30. The van der Waals surface area contributed by atoms with Crippen molar-refractivity contribution in [2.45, 2.75) is 13.3 Å². The first-order chi connectivity index (χ1) is 8.82. The number of nitrogens with zero attached hydrogens (tertiary/aromatic N) is 2. The standard InChI is InChI=1S/C14H22FN3O/c1-10-8-11(16)9-12(13(10)15)14(19)18(4)7-5-6-17(2)3/h8-9H,5-7,16H2,1-4H3. The van der Waals surface area contributed by atoms with Crippen LogP contribution in [0.4, 0.5) is 10.1 Å². The van der Waals surface area contributed by atoms with E-state index < -0.39 is 5.82 Å². The molecule has 0 aliphatic carbocycles. The molecule has 0 saturated heterocycles. The summed E-state index contributed by atoms with van der Waals surface area (Å²) < 4.78 is 13.9. The van der Waals surface area contributed by atoms with Crippen LogP contribution in [-0.2, 0) is 0 Å². The van der Waals surface area contributed by atoms with Crippen molar-refractivity contribution in [3.05, 3.63) is 29.1 Å². The van der Waals surface area contributed by atoms with E-state index in [1.165, 1.54) is 17.0 Å². The smallest absolute Gasteiger partial charge is 0.256 e. The first kappa shape index (κ1) is 15.4. The van der Waals surface area contributed by atoms with Crippen molar-refractivity contribution in [2.75, 3.05) is 40.0 Å². The van der Waals surface area contributed by atoms with Gasteiger partial charge in [-0.25, -0.2) is 4.39 Å². The van der Waals surface area contributed by atoms with Gasteiger partial charge in [-0.3, -0.25) is 4.79 Å². The molecule has 0 unspecified atom stereocenters. The summed E-state index contributed by atoms with van der Waals surface area (Å²) in [6, 6.07) is 2.92. The molecular weight excluding hydrogens is 245 g/mol. The summed E-state index contributed by atoms with van der Waals surface area (Å²) in [5.74, 6) is -0.815. The summed E-state index contributed by atoms with van der Waals surface area (Å²) in [6.07, 6.45) is 0.845. The van der Waals surface area contributed by atoms with Crippen LogP contribution >= 0.6 is 0 Å². The molecule has 0 spiro atoms. The molecule has 0 saturated carbocycles. The van der Waals surface area contributed by atoms with Crippen LogP contribution in [0.3, 0.4) is 0 Å². The third kappa shape index (κ3) is 4.21. The van der Waals surface area contributed by atoms with Crippen molar-refractivity contribution >= 4 is 11.6 Å². The highest BCUT2D eigenvalue weighted by molar-refractivity contribution is 5.95. The summed E-state index contributed by atoms with van der Waals surface area (Å²) in [5, 5.41) is 0. The lowest BCUT2D eigenvalue weighted by Gasteiger charge is -2.19. The maximum absolute atomic E-state index is 13.9. The van der Waals surface area contributed by atoms with Gasteiger partial charge >= 0.3 is 0 Å². The second-order valence-corrected chi connectivity index (χ2v) is 5.08. The van der Waals surface area contributed by atoms with Gasteiger partial charge in [0.15, 0.2) is 0 Å². The fourth-order valence-electron chi connectivity index (χ4n) is 1.88. The van der Waals surface area contributed by atoms with Crippen LogP contribution in [0.5, 0.6) is 0 Å². The van der Waals surface area contributed by atoms with E-state index in [4.69, 9.17) is 5.73 Å². The van der Waals surface area contributed by atoms with Gasteiger partial charge < -0.3 is 15.5 Å². The Balaban J connectivity index is 2.77. The van der Waals surface area contributed by atoms with Crippen LogP contribution in [0.15, 0.2) is 12.1 Å². The molecule has 1 aromatic rings. The predicted molar refractivity (Wildman–Crippen MR) is 75.7 cm³/mol. The van der Waals surface area contributed by atoms with E-state index in [1.807, 2.05) is 19.0 Å². The molecular formula is C14H22FN3O. The molecule has 0 aliphatic rings. The number of hydrogen-bond donors (Lipinski definition) is 1. The Morgan fingerprint density at radius 1 is 1.26 bits per heavy atom. The molecule has 0 aromatic heterocycles. The molecule has 106 valence electrons. The average Bonchev–Trinajstić information content (AvgIpc) is 2.32. The molecule has 0 radical (unpaired) electrons. The van der Waals surface area contributed by atoms with Crippen LogP contribution in [0.25, 0.3) is 0 Å². The summed E-state index contributed by atoms with van der Waals surface area (Å²) in [4.78, 5) is 15.7. The molecule has 0 atom stereocenters. The Hall–Kier alpha value is -1.62. The zero-order valence-electron chi connectivity index (χ0n) is 12.0. The van der Waals surface area contributed by atoms with E-state index in [0.29, 0.717) is 17.8 Å². The molecule has 5 heteroatoms. The maximum atomic E-state index is 13.9. The van der Waals surface area contributed by atoms with Crippen LogP contribution in [0.2, 0.25) is 0 Å². The number of benzene rings is 1. The highest BCUT2D eigenvalue weighted by Gasteiger charge is 2.18. The first-order valence-corrected chi connectivity index (χ1v) is 6.28. The molecule has 2 N–H and O–H groups in total. The quantitative estimate of drug-likeness (QED) is 0.827. The van der Waals surface area contributed by atoms with Crippen LogP contribution in [0, 0.1) is 12.7 Å². The highest BCUT2D eigenvalue weighted by Crippen LogP contribution is 2.18. The lowest BCUT2D eigenvalue weighted by molar-refractivity contribution is 0.0786. The third-order valence-electron chi connectivity index (χ3n) is 2.95. The number of nitrogens with two attached hydrogens (primary N) is 1. The third-order valence-corrected chi connectivity index (χ3v) is 2.95. The molecule has 0 fully saturated rings. The van der Waals surface area contributed by atoms with Gasteiger partial charge in [-0.2, -0.15) is 0 Å². The second kappa shape index (κ2) is 6.52. The van der Waals surface area contributed by atoms with Gasteiger partial charge in [0.05, 0.1) is 5.56 Å². The van der Waals surface area contributed by atoms with Gasteiger partial charge in [0, 0.05) is 19.3 Å². The van der Waals surface area contributed by atoms with Gasteiger partial charge in [-0.1, -0.05) is 0 Å². The number of carbonyl (C=O) groups excluding carboxylic acids is 1. The number of hydrogen-bond acceptors (Lipinski definition) is 3. The van der Waals surface area contributed by atoms with E-state index in [1.54, 1.807) is 14.0 Å². The van der Waals surface area contributed by atoms with Gasteiger partial charge in [0.25, 0.3) is 5.91 Å². The predicted octanol–water partition coefficient (Wildman–Crippen LogP) is 1.74. The molecule has 19 heavy (non-hydrogen) atoms. The molecule has 1 aromatic carbocycles. The van der Waals surface area contributed by atoms with Crippen molar-refractivity contribution < 1.29 is 9.18 Å². The maximum Gasteiger partial charge on any atom is 0.256 e. The molecule has 0 heterocycles. The van der Waals surface area contributed by atoms with E-state index >= 15 is 0 Å². The minimum absolute atomic E-state index is 0.0462. The van der Waals surface area contributed by atoms with Gasteiger partial charge in [-0.15, -0.1) is 0 Å². The first-order valence-electron chi connectivity index (χ1n) is 6.28. The van der Waals surface area contributed by atoms with Crippen molar-refractivity contribution in [3.63, 3.8) is 0 Å². The topological polar surface area (TPSA) is 49.6 Å². The average molecular weight is 267 g/mol. The Bertz CT molecular complexity index is 460. The minimum atomic E-state index is -0.487. The second-order valence-electron chi connectivity index (χ2n) is 5.08. The fraction of sp³-hybridized carbons (Fsp3) is 0.500. The summed E-state index contributed by atoms with van der Waals surface area (Å²) in [6.45, 7) is 3.08. The molecule has 1 amide bonds. The number of halogens is 1. The van der Waals surface area contributed by atoms with E-state index in [9.17, 15) is 9.18 Å². The van der Waals surface area contributed by atoms with Gasteiger partial charge in [-0.05, 0) is 51.7 Å². The van der Waals surface area contributed by atoms with E-state index in [-0.39, 0.29) is 11.5 Å². The Morgan fingerprint density at radius 3 is 2.47 bits per heavy atom. The molecule has 4 nitrogen and oxygen atoms in total. The fourth-order valence-corrected chi connectivity index (χ4v) is 1.88. The Labute approximate surface area is 114 Å². The van der Waals surface area contributed by atoms with E-state index in [2.05, 4.69) is 0 Å². The number of amides is 1. The Morgan fingerprint density at radius 2 is 1.89 bits per heavy atom. The number of carbonyl (C=O) groups is 1. The number of rotatable bonds is 5. The molecule has 0 aliphatic heterocycles. The van der Waals surface area contributed by atoms with E-state index in [0.717, 1.165) is 13.0 Å². The summed E-state index contributed by atoms with van der Waals surface area (Å²) in [7, 11) is 5.63. The normalized spacial score (nSPS) is 10.8. The summed E-state index contributed by atoms with van der Waals surface area (Å²) in [5.41, 5.74) is 6.51. The highest BCUT2D eigenvalue weighted by atomic mass is 19.1.